The average molecular weight is 412 g/mol. The zero-order valence-electron chi connectivity index (χ0n) is 15.1. The van der Waals surface area contributed by atoms with Crippen LogP contribution >= 0.6 is 12.6 Å². The van der Waals surface area contributed by atoms with Crippen LogP contribution in [-0.2, 0) is 25.6 Å². The van der Waals surface area contributed by atoms with Gasteiger partial charge in [-0.3, -0.25) is 14.4 Å². The van der Waals surface area contributed by atoms with Gasteiger partial charge in [0, 0.05) is 30.6 Å². The highest BCUT2D eigenvalue weighted by Crippen LogP contribution is 2.19. The average Bonchev–Trinajstić information content (AvgIpc) is 3.36. The lowest BCUT2D eigenvalue weighted by Crippen LogP contribution is -2.56. The van der Waals surface area contributed by atoms with Crippen molar-refractivity contribution in [1.29, 1.82) is 0 Å². The van der Waals surface area contributed by atoms with Crippen molar-refractivity contribution in [2.75, 3.05) is 18.8 Å². The smallest absolute Gasteiger partial charge is 0.327 e. The summed E-state index contributed by atoms with van der Waals surface area (Å²) in [7, 11) is 0. The quantitative estimate of drug-likeness (QED) is 0.252. The minimum atomic E-state index is -1.20. The Morgan fingerprint density at radius 3 is 2.68 bits per heavy atom. The standard InChI is InChI=1S/C16H24N6O5S/c17-5-13(23)20-10(4-9-6-18-8-19-9)15(25)22-3-1-2-12(22)14(24)21-11(7-28)16(26)27/h6,8,10-12,28H,1-5,7,17H2,(H,18,19)(H,20,23)(H,21,24)(H,26,27). The molecule has 154 valence electrons. The number of rotatable bonds is 9. The van der Waals surface area contributed by atoms with E-state index in [4.69, 9.17) is 10.8 Å². The molecule has 1 aliphatic heterocycles. The molecule has 0 radical (unpaired) electrons. The molecule has 1 aromatic rings. The number of carboxylic acid groups (broad SMARTS) is 1. The molecule has 3 atom stereocenters. The van der Waals surface area contributed by atoms with Crippen LogP contribution in [0.15, 0.2) is 12.5 Å². The maximum atomic E-state index is 13.1. The fourth-order valence-corrected chi connectivity index (χ4v) is 3.27. The molecule has 6 N–H and O–H groups in total. The molecule has 1 saturated heterocycles. The number of carboxylic acids is 1. The number of thiol groups is 1. The Balaban J connectivity index is 2.13. The number of hydrogen-bond donors (Lipinski definition) is 6. The van der Waals surface area contributed by atoms with E-state index in [9.17, 15) is 19.2 Å². The number of aliphatic carboxylic acids is 1. The van der Waals surface area contributed by atoms with E-state index in [1.54, 1.807) is 0 Å². The van der Waals surface area contributed by atoms with Gasteiger partial charge in [-0.2, -0.15) is 12.6 Å². The summed E-state index contributed by atoms with van der Waals surface area (Å²) >= 11 is 3.92. The number of carbonyl (C=O) groups is 4. The minimum absolute atomic E-state index is 0.0727. The molecule has 0 aliphatic carbocycles. The molecule has 0 spiro atoms. The van der Waals surface area contributed by atoms with Crippen LogP contribution in [0.25, 0.3) is 0 Å². The van der Waals surface area contributed by atoms with E-state index in [0.29, 0.717) is 25.1 Å². The first-order valence-electron chi connectivity index (χ1n) is 8.78. The van der Waals surface area contributed by atoms with E-state index in [2.05, 4.69) is 33.2 Å². The van der Waals surface area contributed by atoms with Gasteiger partial charge in [0.15, 0.2) is 0 Å². The molecule has 1 fully saturated rings. The molecule has 0 aromatic carbocycles. The number of aromatic nitrogens is 2. The van der Waals surface area contributed by atoms with Gasteiger partial charge in [0.25, 0.3) is 0 Å². The summed E-state index contributed by atoms with van der Waals surface area (Å²) in [6.07, 6.45) is 4.14. The largest absolute Gasteiger partial charge is 0.480 e. The highest BCUT2D eigenvalue weighted by atomic mass is 32.1. The molecular weight excluding hydrogens is 388 g/mol. The van der Waals surface area contributed by atoms with Crippen molar-refractivity contribution in [2.24, 2.45) is 5.73 Å². The minimum Gasteiger partial charge on any atom is -0.480 e. The van der Waals surface area contributed by atoms with Crippen molar-refractivity contribution in [3.8, 4) is 0 Å². The Kier molecular flexibility index (Phi) is 7.81. The molecule has 0 bridgehead atoms. The van der Waals surface area contributed by atoms with E-state index in [-0.39, 0.29) is 18.7 Å². The van der Waals surface area contributed by atoms with E-state index in [0.717, 1.165) is 0 Å². The molecular formula is C16H24N6O5S. The second-order valence-corrected chi connectivity index (χ2v) is 6.74. The van der Waals surface area contributed by atoms with Crippen LogP contribution in [-0.4, -0.2) is 80.6 Å². The fourth-order valence-electron chi connectivity index (χ4n) is 3.03. The fraction of sp³-hybridized carbons (Fsp3) is 0.562. The van der Waals surface area contributed by atoms with Crippen molar-refractivity contribution < 1.29 is 24.3 Å². The molecule has 2 heterocycles. The van der Waals surface area contributed by atoms with Crippen molar-refractivity contribution in [1.82, 2.24) is 25.5 Å². The summed E-state index contributed by atoms with van der Waals surface area (Å²) in [5.74, 6) is -2.77. The lowest BCUT2D eigenvalue weighted by atomic mass is 10.1. The molecule has 1 aromatic heterocycles. The maximum Gasteiger partial charge on any atom is 0.327 e. The zero-order valence-corrected chi connectivity index (χ0v) is 16.0. The first-order valence-corrected chi connectivity index (χ1v) is 9.41. The predicted octanol–water partition coefficient (Wildman–Crippen LogP) is -2.11. The Hall–Kier alpha value is -2.60. The molecule has 1 aliphatic rings. The predicted molar refractivity (Wildman–Crippen MR) is 101 cm³/mol. The Bertz CT molecular complexity index is 712. The second-order valence-electron chi connectivity index (χ2n) is 6.38. The van der Waals surface area contributed by atoms with Gasteiger partial charge in [0.1, 0.15) is 18.1 Å². The van der Waals surface area contributed by atoms with Gasteiger partial charge >= 0.3 is 5.97 Å². The summed E-state index contributed by atoms with van der Waals surface area (Å²) in [5.41, 5.74) is 5.97. The Morgan fingerprint density at radius 1 is 1.36 bits per heavy atom. The number of carbonyl (C=O) groups excluding carboxylic acids is 3. The van der Waals surface area contributed by atoms with Crippen LogP contribution in [0, 0.1) is 0 Å². The number of imidazole rings is 1. The SMILES string of the molecule is NCC(=O)NC(Cc1cnc[nH]1)C(=O)N1CCCC1C(=O)NC(CS)C(=O)O. The van der Waals surface area contributed by atoms with Crippen molar-refractivity contribution in [3.05, 3.63) is 18.2 Å². The van der Waals surface area contributed by atoms with Crippen molar-refractivity contribution in [3.63, 3.8) is 0 Å². The van der Waals surface area contributed by atoms with E-state index in [1.807, 2.05) is 0 Å². The lowest BCUT2D eigenvalue weighted by molar-refractivity contribution is -0.144. The highest BCUT2D eigenvalue weighted by Gasteiger charge is 2.38. The molecule has 3 unspecified atom stereocenters. The van der Waals surface area contributed by atoms with Crippen LogP contribution < -0.4 is 16.4 Å². The summed E-state index contributed by atoms with van der Waals surface area (Å²) in [5, 5.41) is 14.1. The van der Waals surface area contributed by atoms with Crippen LogP contribution in [0.3, 0.4) is 0 Å². The Morgan fingerprint density at radius 2 is 2.11 bits per heavy atom. The van der Waals surface area contributed by atoms with Gasteiger partial charge in [0.05, 0.1) is 12.9 Å². The normalized spacial score (nSPS) is 18.4. The summed E-state index contributed by atoms with van der Waals surface area (Å²) in [6.45, 7) is 0.0480. The van der Waals surface area contributed by atoms with Gasteiger partial charge < -0.3 is 31.4 Å². The molecule has 12 heteroatoms. The van der Waals surface area contributed by atoms with Gasteiger partial charge in [-0.1, -0.05) is 0 Å². The first-order chi connectivity index (χ1) is 13.4. The van der Waals surface area contributed by atoms with Crippen LogP contribution in [0.5, 0.6) is 0 Å². The van der Waals surface area contributed by atoms with Gasteiger partial charge in [-0.05, 0) is 12.8 Å². The third kappa shape index (κ3) is 5.45. The number of H-pyrrole nitrogens is 1. The summed E-state index contributed by atoms with van der Waals surface area (Å²) in [6, 6.07) is -2.88. The molecule has 11 nitrogen and oxygen atoms in total. The van der Waals surface area contributed by atoms with E-state index < -0.39 is 41.8 Å². The van der Waals surface area contributed by atoms with Crippen molar-refractivity contribution >= 4 is 36.3 Å². The number of likely N-dealkylation sites (tertiary alicyclic amines) is 1. The number of nitrogens with zero attached hydrogens (tertiary/aromatic N) is 2. The number of nitrogens with two attached hydrogens (primary N) is 1. The highest BCUT2D eigenvalue weighted by molar-refractivity contribution is 7.80. The second kappa shape index (κ2) is 10.1. The monoisotopic (exact) mass is 412 g/mol. The molecule has 2 rings (SSSR count). The number of hydrogen-bond acceptors (Lipinski definition) is 7. The van der Waals surface area contributed by atoms with Crippen LogP contribution in [0.2, 0.25) is 0 Å². The van der Waals surface area contributed by atoms with Gasteiger partial charge in [-0.15, -0.1) is 0 Å². The third-order valence-corrected chi connectivity index (χ3v) is 4.80. The number of aromatic amines is 1. The number of nitrogens with one attached hydrogen (secondary N) is 3. The van der Waals surface area contributed by atoms with Gasteiger partial charge in [-0.25, -0.2) is 9.78 Å². The number of amides is 3. The summed E-state index contributed by atoms with van der Waals surface area (Å²) in [4.78, 5) is 56.6. The van der Waals surface area contributed by atoms with Crippen LogP contribution in [0.4, 0.5) is 0 Å². The zero-order chi connectivity index (χ0) is 20.7. The molecule has 28 heavy (non-hydrogen) atoms. The van der Waals surface area contributed by atoms with Crippen LogP contribution in [0.1, 0.15) is 18.5 Å². The maximum absolute atomic E-state index is 13.1. The third-order valence-electron chi connectivity index (χ3n) is 4.43. The van der Waals surface area contributed by atoms with E-state index >= 15 is 0 Å². The topological polar surface area (TPSA) is 171 Å². The molecule has 3 amide bonds. The first kappa shape index (κ1) is 21.7. The van der Waals surface area contributed by atoms with Gasteiger partial charge in [0.2, 0.25) is 17.7 Å². The molecule has 0 saturated carbocycles. The van der Waals surface area contributed by atoms with E-state index in [1.165, 1.54) is 17.4 Å². The van der Waals surface area contributed by atoms with Crippen molar-refractivity contribution in [2.45, 2.75) is 37.4 Å². The Labute approximate surface area is 166 Å². The lowest BCUT2D eigenvalue weighted by Gasteiger charge is -2.29. The summed E-state index contributed by atoms with van der Waals surface area (Å²) < 4.78 is 0.